The maximum atomic E-state index is 2.49. The van der Waals surface area contributed by atoms with E-state index in [0.717, 1.165) is 0 Å². The average molecular weight is 210 g/mol. The average Bonchev–Trinajstić information content (AvgIpc) is 2.23. The summed E-state index contributed by atoms with van der Waals surface area (Å²) >= 11 is 0. The normalized spacial score (nSPS) is 19.5. The Hall–Kier alpha value is 0.0649. The van der Waals surface area contributed by atoms with E-state index in [0.29, 0.717) is 10.7 Å². The van der Waals surface area contributed by atoms with Gasteiger partial charge in [0, 0.05) is 0 Å². The highest BCUT2D eigenvalue weighted by Crippen LogP contribution is 2.51. The Morgan fingerprint density at radius 2 is 1.47 bits per heavy atom. The molecule has 0 nitrogen and oxygen atoms in total. The highest BCUT2D eigenvalue weighted by atomic mass is 14.4. The van der Waals surface area contributed by atoms with Gasteiger partial charge in [-0.1, -0.05) is 78.5 Å². The van der Waals surface area contributed by atoms with Gasteiger partial charge >= 0.3 is 0 Å². The zero-order chi connectivity index (χ0) is 11.9. The minimum Gasteiger partial charge on any atom is -0.0664 e. The van der Waals surface area contributed by atoms with Gasteiger partial charge in [0.15, 0.2) is 0 Å². The molecule has 0 saturated carbocycles. The predicted octanol–water partition coefficient (Wildman–Crippen LogP) is 4.59. The van der Waals surface area contributed by atoms with Gasteiger partial charge in [-0.25, -0.2) is 0 Å². The SMILES string of the molecule is BC(C)(CC)C(C)(CC)CCCCCC. The van der Waals surface area contributed by atoms with Gasteiger partial charge in [-0.3, -0.25) is 0 Å². The third-order valence-corrected chi connectivity index (χ3v) is 4.88. The van der Waals surface area contributed by atoms with Crippen LogP contribution in [-0.2, 0) is 0 Å². The van der Waals surface area contributed by atoms with Crippen LogP contribution in [0.4, 0.5) is 0 Å². The van der Waals surface area contributed by atoms with Crippen LogP contribution in [0.5, 0.6) is 0 Å². The van der Waals surface area contributed by atoms with Crippen LogP contribution in [0.3, 0.4) is 0 Å². The number of unbranched alkanes of at least 4 members (excludes halogenated alkanes) is 3. The Labute approximate surface area is 98.6 Å². The molecular weight excluding hydrogens is 179 g/mol. The Balaban J connectivity index is 4.19. The van der Waals surface area contributed by atoms with Crippen LogP contribution >= 0.6 is 0 Å². The molecule has 0 heterocycles. The van der Waals surface area contributed by atoms with E-state index in [2.05, 4.69) is 42.5 Å². The molecule has 0 spiro atoms. The van der Waals surface area contributed by atoms with E-state index in [9.17, 15) is 0 Å². The van der Waals surface area contributed by atoms with Gasteiger partial charge in [0.25, 0.3) is 0 Å². The first-order valence-electron chi connectivity index (χ1n) is 6.93. The van der Waals surface area contributed by atoms with E-state index in [1.807, 2.05) is 0 Å². The van der Waals surface area contributed by atoms with Crippen molar-refractivity contribution in [2.75, 3.05) is 0 Å². The molecule has 0 aliphatic heterocycles. The Morgan fingerprint density at radius 3 is 1.87 bits per heavy atom. The maximum absolute atomic E-state index is 2.49. The van der Waals surface area contributed by atoms with Gasteiger partial charge < -0.3 is 0 Å². The van der Waals surface area contributed by atoms with E-state index in [4.69, 9.17) is 0 Å². The molecule has 0 aromatic rings. The molecule has 0 fully saturated rings. The molecule has 0 aliphatic carbocycles. The third kappa shape index (κ3) is 4.21. The Morgan fingerprint density at radius 1 is 0.867 bits per heavy atom. The Kier molecular flexibility index (Phi) is 6.63. The van der Waals surface area contributed by atoms with Gasteiger partial charge in [0.1, 0.15) is 7.85 Å². The summed E-state index contributed by atoms with van der Waals surface area (Å²) in [7, 11) is 2.44. The maximum Gasteiger partial charge on any atom is 0.109 e. The standard InChI is InChI=1S/C14H31B/c1-6-9-10-11-12-13(4,7-2)14(5,15)8-3/h6-12,15H2,1-5H3. The van der Waals surface area contributed by atoms with Crippen molar-refractivity contribution in [1.82, 2.24) is 0 Å². The van der Waals surface area contributed by atoms with Crippen molar-refractivity contribution in [2.24, 2.45) is 5.41 Å². The third-order valence-electron chi connectivity index (χ3n) is 4.88. The summed E-state index contributed by atoms with van der Waals surface area (Å²) in [5.41, 5.74) is 0.537. The van der Waals surface area contributed by atoms with E-state index in [1.165, 1.54) is 44.9 Å². The molecule has 0 aromatic heterocycles. The van der Waals surface area contributed by atoms with Crippen molar-refractivity contribution in [3.05, 3.63) is 0 Å². The molecule has 15 heavy (non-hydrogen) atoms. The summed E-state index contributed by atoms with van der Waals surface area (Å²) in [6, 6.07) is 0. The van der Waals surface area contributed by atoms with Gasteiger partial charge in [0.2, 0.25) is 0 Å². The van der Waals surface area contributed by atoms with Crippen LogP contribution in [-0.4, -0.2) is 7.85 Å². The molecule has 0 bridgehead atoms. The van der Waals surface area contributed by atoms with Crippen LogP contribution in [0, 0.1) is 5.41 Å². The second-order valence-corrected chi connectivity index (χ2v) is 5.96. The van der Waals surface area contributed by atoms with E-state index >= 15 is 0 Å². The monoisotopic (exact) mass is 210 g/mol. The van der Waals surface area contributed by atoms with Gasteiger partial charge in [-0.05, 0) is 11.8 Å². The van der Waals surface area contributed by atoms with Crippen LogP contribution in [0.15, 0.2) is 0 Å². The summed E-state index contributed by atoms with van der Waals surface area (Å²) < 4.78 is 0. The lowest BCUT2D eigenvalue weighted by Crippen LogP contribution is -2.31. The molecule has 0 N–H and O–H groups in total. The molecule has 1 heteroatoms. The fourth-order valence-corrected chi connectivity index (χ4v) is 2.36. The molecule has 2 atom stereocenters. The zero-order valence-corrected chi connectivity index (χ0v) is 11.9. The molecule has 90 valence electrons. The van der Waals surface area contributed by atoms with Crippen molar-refractivity contribution in [1.29, 1.82) is 0 Å². The molecule has 0 aromatic carbocycles. The molecule has 2 unspecified atom stereocenters. The van der Waals surface area contributed by atoms with Crippen molar-refractivity contribution in [3.63, 3.8) is 0 Å². The molecule has 0 radical (unpaired) electrons. The summed E-state index contributed by atoms with van der Waals surface area (Å²) in [5, 5.41) is 0.494. The van der Waals surface area contributed by atoms with Gasteiger partial charge in [0.05, 0.1) is 0 Å². The fourth-order valence-electron chi connectivity index (χ4n) is 2.36. The highest BCUT2D eigenvalue weighted by Gasteiger charge is 2.36. The predicted molar refractivity (Wildman–Crippen MR) is 74.4 cm³/mol. The summed E-state index contributed by atoms with van der Waals surface area (Å²) in [6.45, 7) is 11.9. The lowest BCUT2D eigenvalue weighted by Gasteiger charge is -2.44. The molecule has 0 aliphatic rings. The van der Waals surface area contributed by atoms with Gasteiger partial charge in [-0.2, -0.15) is 0 Å². The quantitative estimate of drug-likeness (QED) is 0.406. The highest BCUT2D eigenvalue weighted by molar-refractivity contribution is 6.15. The number of rotatable bonds is 8. The second-order valence-electron chi connectivity index (χ2n) is 5.96. The molecular formula is C14H31B. The molecule has 0 saturated heterocycles. The first kappa shape index (κ1) is 15.1. The Bertz CT molecular complexity index is 163. The topological polar surface area (TPSA) is 0 Å². The minimum absolute atomic E-state index is 0.494. The molecule has 0 amide bonds. The lowest BCUT2D eigenvalue weighted by atomic mass is 9.50. The second kappa shape index (κ2) is 6.61. The van der Waals surface area contributed by atoms with E-state index < -0.39 is 0 Å². The summed E-state index contributed by atoms with van der Waals surface area (Å²) in [6.07, 6.45) is 9.62. The number of hydrogen-bond donors (Lipinski definition) is 0. The van der Waals surface area contributed by atoms with E-state index in [1.54, 1.807) is 0 Å². The van der Waals surface area contributed by atoms with Crippen LogP contribution in [0.2, 0.25) is 5.31 Å². The van der Waals surface area contributed by atoms with Crippen LogP contribution in [0.25, 0.3) is 0 Å². The zero-order valence-electron chi connectivity index (χ0n) is 11.9. The van der Waals surface area contributed by atoms with Crippen molar-refractivity contribution in [2.45, 2.75) is 84.9 Å². The van der Waals surface area contributed by atoms with Gasteiger partial charge in [-0.15, -0.1) is 0 Å². The van der Waals surface area contributed by atoms with Crippen molar-refractivity contribution in [3.8, 4) is 0 Å². The largest absolute Gasteiger partial charge is 0.109 e. The summed E-state index contributed by atoms with van der Waals surface area (Å²) in [5.74, 6) is 0. The number of hydrogen-bond acceptors (Lipinski definition) is 0. The first-order valence-corrected chi connectivity index (χ1v) is 6.93. The van der Waals surface area contributed by atoms with Crippen molar-refractivity contribution < 1.29 is 0 Å². The lowest BCUT2D eigenvalue weighted by molar-refractivity contribution is 0.180. The van der Waals surface area contributed by atoms with Crippen LogP contribution < -0.4 is 0 Å². The van der Waals surface area contributed by atoms with Crippen LogP contribution in [0.1, 0.15) is 79.6 Å². The van der Waals surface area contributed by atoms with E-state index in [-0.39, 0.29) is 0 Å². The minimum atomic E-state index is 0.494. The summed E-state index contributed by atoms with van der Waals surface area (Å²) in [4.78, 5) is 0. The molecule has 0 rings (SSSR count). The first-order chi connectivity index (χ1) is 6.93. The van der Waals surface area contributed by atoms with Crippen molar-refractivity contribution >= 4 is 7.85 Å². The smallest absolute Gasteiger partial charge is 0.0664 e. The fraction of sp³-hybridized carbons (Fsp3) is 1.00.